The summed E-state index contributed by atoms with van der Waals surface area (Å²) in [5.41, 5.74) is 3.07. The van der Waals surface area contributed by atoms with Crippen molar-refractivity contribution in [2.24, 2.45) is 0 Å². The molecule has 4 aromatic rings. The van der Waals surface area contributed by atoms with E-state index in [4.69, 9.17) is 0 Å². The molecule has 9 heteroatoms. The first-order chi connectivity index (χ1) is 15.6. The number of benzene rings is 1. The van der Waals surface area contributed by atoms with Crippen LogP contribution < -0.4 is 0 Å². The zero-order valence-corrected chi connectivity index (χ0v) is 18.9. The zero-order chi connectivity index (χ0) is 22.1. The molecule has 0 bridgehead atoms. The van der Waals surface area contributed by atoms with E-state index in [-0.39, 0.29) is 11.9 Å². The molecule has 0 spiro atoms. The average Bonchev–Trinajstić information content (AvgIpc) is 3.56. The molecule has 0 aliphatic carbocycles. The molecule has 0 radical (unpaired) electrons. The molecule has 1 atom stereocenters. The fraction of sp³-hybridized carbons (Fsp3) is 0.348. The van der Waals surface area contributed by atoms with Gasteiger partial charge in [-0.15, -0.1) is 20.4 Å². The molecule has 1 amide bonds. The van der Waals surface area contributed by atoms with Crippen LogP contribution in [-0.2, 0) is 4.79 Å². The van der Waals surface area contributed by atoms with Gasteiger partial charge in [-0.1, -0.05) is 43.8 Å². The van der Waals surface area contributed by atoms with Gasteiger partial charge in [-0.2, -0.15) is 0 Å². The standard InChI is InChI=1S/C23H25N7OS/c1-16(2)17-8-10-18(11-9-17)30-15-24-27-23(30)32-14-21(31)28-13-5-6-19(28)22-26-25-20-7-3-4-12-29(20)22/h3-4,7-12,15-16,19H,5-6,13-14H2,1-2H3/t19-/m1/s1. The summed E-state index contributed by atoms with van der Waals surface area (Å²) in [6, 6.07) is 14.1. The van der Waals surface area contributed by atoms with Crippen LogP contribution in [0.1, 0.15) is 50.0 Å². The van der Waals surface area contributed by atoms with Crippen LogP contribution in [0.3, 0.4) is 0 Å². The van der Waals surface area contributed by atoms with Gasteiger partial charge in [-0.25, -0.2) is 0 Å². The quantitative estimate of drug-likeness (QED) is 0.417. The Kier molecular flexibility index (Phi) is 5.65. The number of aromatic nitrogens is 6. The maximum Gasteiger partial charge on any atom is 0.233 e. The van der Waals surface area contributed by atoms with E-state index in [1.807, 2.05) is 38.3 Å². The molecule has 32 heavy (non-hydrogen) atoms. The largest absolute Gasteiger partial charge is 0.332 e. The molecular formula is C23H25N7OS. The maximum atomic E-state index is 13.1. The Hall–Kier alpha value is -3.20. The molecular weight excluding hydrogens is 422 g/mol. The molecule has 0 unspecified atom stereocenters. The summed E-state index contributed by atoms with van der Waals surface area (Å²) in [7, 11) is 0. The van der Waals surface area contributed by atoms with E-state index in [0.717, 1.165) is 36.5 Å². The lowest BCUT2D eigenvalue weighted by molar-refractivity contribution is -0.129. The lowest BCUT2D eigenvalue weighted by Crippen LogP contribution is -2.33. The third-order valence-corrected chi connectivity index (χ3v) is 6.82. The van der Waals surface area contributed by atoms with Gasteiger partial charge in [0.25, 0.3) is 0 Å². The van der Waals surface area contributed by atoms with Crippen molar-refractivity contribution in [3.63, 3.8) is 0 Å². The van der Waals surface area contributed by atoms with Crippen molar-refractivity contribution in [1.29, 1.82) is 0 Å². The topological polar surface area (TPSA) is 81.2 Å². The molecule has 164 valence electrons. The lowest BCUT2D eigenvalue weighted by atomic mass is 10.0. The van der Waals surface area contributed by atoms with Gasteiger partial charge in [0.15, 0.2) is 16.6 Å². The fourth-order valence-electron chi connectivity index (χ4n) is 4.15. The summed E-state index contributed by atoms with van der Waals surface area (Å²) in [5.74, 6) is 1.68. The van der Waals surface area contributed by atoms with Gasteiger partial charge in [0.1, 0.15) is 6.33 Å². The van der Waals surface area contributed by atoms with E-state index in [1.165, 1.54) is 17.3 Å². The molecule has 1 fully saturated rings. The molecule has 1 aliphatic rings. The average molecular weight is 448 g/mol. The Morgan fingerprint density at radius 1 is 1.12 bits per heavy atom. The van der Waals surface area contributed by atoms with E-state index >= 15 is 0 Å². The summed E-state index contributed by atoms with van der Waals surface area (Å²) in [4.78, 5) is 15.1. The predicted molar refractivity (Wildman–Crippen MR) is 123 cm³/mol. The van der Waals surface area contributed by atoms with E-state index in [1.54, 1.807) is 6.33 Å². The van der Waals surface area contributed by atoms with Crippen molar-refractivity contribution in [3.8, 4) is 5.69 Å². The minimum atomic E-state index is -0.0538. The molecule has 1 aromatic carbocycles. The van der Waals surface area contributed by atoms with Crippen molar-refractivity contribution in [1.82, 2.24) is 34.3 Å². The van der Waals surface area contributed by atoms with Gasteiger partial charge in [0.2, 0.25) is 5.91 Å². The highest BCUT2D eigenvalue weighted by Gasteiger charge is 2.33. The Bertz CT molecular complexity index is 1230. The summed E-state index contributed by atoms with van der Waals surface area (Å²) in [5, 5.41) is 17.6. The predicted octanol–water partition coefficient (Wildman–Crippen LogP) is 3.89. The summed E-state index contributed by atoms with van der Waals surface area (Å²) in [6.07, 6.45) is 5.50. The molecule has 5 rings (SSSR count). The normalized spacial score (nSPS) is 16.3. The summed E-state index contributed by atoms with van der Waals surface area (Å²) >= 11 is 1.41. The number of fused-ring (bicyclic) bond motifs is 1. The van der Waals surface area contributed by atoms with Crippen molar-refractivity contribution in [2.45, 2.75) is 43.8 Å². The monoisotopic (exact) mass is 447 g/mol. The number of likely N-dealkylation sites (tertiary alicyclic amines) is 1. The number of pyridine rings is 1. The smallest absolute Gasteiger partial charge is 0.233 e. The molecule has 4 heterocycles. The van der Waals surface area contributed by atoms with Crippen LogP contribution in [0.15, 0.2) is 60.1 Å². The Labute approximate surface area is 190 Å². The van der Waals surface area contributed by atoms with Gasteiger partial charge in [0, 0.05) is 18.4 Å². The van der Waals surface area contributed by atoms with E-state index < -0.39 is 0 Å². The third-order valence-electron chi connectivity index (χ3n) is 5.89. The number of rotatable bonds is 6. The van der Waals surface area contributed by atoms with Gasteiger partial charge < -0.3 is 4.90 Å². The number of thioether (sulfide) groups is 1. The van der Waals surface area contributed by atoms with Crippen molar-refractivity contribution in [2.75, 3.05) is 12.3 Å². The minimum absolute atomic E-state index is 0.0538. The van der Waals surface area contributed by atoms with Crippen molar-refractivity contribution in [3.05, 3.63) is 66.4 Å². The van der Waals surface area contributed by atoms with Gasteiger partial charge >= 0.3 is 0 Å². The highest BCUT2D eigenvalue weighted by Crippen LogP contribution is 2.32. The second kappa shape index (κ2) is 8.74. The SMILES string of the molecule is CC(C)c1ccc(-n2cnnc2SCC(=O)N2CCC[C@@H]2c2nnc3ccccn23)cc1. The lowest BCUT2D eigenvalue weighted by Gasteiger charge is -2.23. The van der Waals surface area contributed by atoms with Crippen molar-refractivity contribution >= 4 is 23.3 Å². The first-order valence-electron chi connectivity index (χ1n) is 10.8. The van der Waals surface area contributed by atoms with Gasteiger partial charge in [-0.05, 0) is 48.6 Å². The fourth-order valence-corrected chi connectivity index (χ4v) is 4.96. The maximum absolute atomic E-state index is 13.1. The molecule has 0 N–H and O–H groups in total. The van der Waals surface area contributed by atoms with Crippen LogP contribution in [0.25, 0.3) is 11.3 Å². The number of carbonyl (C=O) groups excluding carboxylic acids is 1. The first-order valence-corrected chi connectivity index (χ1v) is 11.8. The number of amides is 1. The van der Waals surface area contributed by atoms with Crippen LogP contribution in [0.4, 0.5) is 0 Å². The van der Waals surface area contributed by atoms with Crippen LogP contribution >= 0.6 is 11.8 Å². The first kappa shape index (κ1) is 20.7. The van der Waals surface area contributed by atoms with Gasteiger partial charge in [-0.3, -0.25) is 13.8 Å². The number of nitrogens with zero attached hydrogens (tertiary/aromatic N) is 7. The number of carbonyl (C=O) groups is 1. The van der Waals surface area contributed by atoms with Crippen molar-refractivity contribution < 1.29 is 4.79 Å². The zero-order valence-electron chi connectivity index (χ0n) is 18.1. The Morgan fingerprint density at radius 2 is 1.97 bits per heavy atom. The van der Waals surface area contributed by atoms with E-state index in [9.17, 15) is 4.79 Å². The van der Waals surface area contributed by atoms with E-state index in [2.05, 4.69) is 58.5 Å². The number of hydrogen-bond donors (Lipinski definition) is 0. The number of hydrogen-bond acceptors (Lipinski definition) is 6. The van der Waals surface area contributed by atoms with Crippen LogP contribution in [-0.4, -0.2) is 52.5 Å². The molecule has 1 aliphatic heterocycles. The minimum Gasteiger partial charge on any atom is -0.332 e. The molecule has 1 saturated heterocycles. The van der Waals surface area contributed by atoms with Crippen LogP contribution in [0, 0.1) is 0 Å². The second-order valence-corrected chi connectivity index (χ2v) is 9.19. The highest BCUT2D eigenvalue weighted by atomic mass is 32.2. The molecule has 8 nitrogen and oxygen atoms in total. The summed E-state index contributed by atoms with van der Waals surface area (Å²) < 4.78 is 3.90. The van der Waals surface area contributed by atoms with Gasteiger partial charge in [0.05, 0.1) is 11.8 Å². The third kappa shape index (κ3) is 3.88. The van der Waals surface area contributed by atoms with Crippen LogP contribution in [0.5, 0.6) is 0 Å². The second-order valence-electron chi connectivity index (χ2n) is 8.25. The summed E-state index contributed by atoms with van der Waals surface area (Å²) in [6.45, 7) is 5.08. The van der Waals surface area contributed by atoms with Crippen LogP contribution in [0.2, 0.25) is 0 Å². The molecule has 0 saturated carbocycles. The Balaban J connectivity index is 1.29. The highest BCUT2D eigenvalue weighted by molar-refractivity contribution is 7.99. The molecule has 3 aromatic heterocycles. The Morgan fingerprint density at radius 3 is 2.78 bits per heavy atom. The van der Waals surface area contributed by atoms with E-state index in [0.29, 0.717) is 16.8 Å².